The first-order chi connectivity index (χ1) is 12.1. The molecular weight excluding hydrogens is 402 g/mol. The van der Waals surface area contributed by atoms with E-state index in [9.17, 15) is 4.79 Å². The number of fused-ring (bicyclic) bond motifs is 1. The van der Waals surface area contributed by atoms with Crippen molar-refractivity contribution in [3.05, 3.63) is 57.5 Å². The van der Waals surface area contributed by atoms with Gasteiger partial charge in [0.25, 0.3) is 0 Å². The number of carbonyl (C=O) groups is 1. The average molecular weight is 418 g/mol. The molecule has 0 saturated carbocycles. The van der Waals surface area contributed by atoms with Crippen LogP contribution < -0.4 is 4.74 Å². The standard InChI is InChI=1S/C19H16BrNO3S/c1-24-16-8-7-14(20)11-13(16)10-12(6-9-18(22)23)19-21-15-4-2-3-5-17(15)25-19/h2-5,7-8,10-11H,6,9H2,1H3,(H,22,23). The van der Waals surface area contributed by atoms with Crippen molar-refractivity contribution in [3.8, 4) is 5.75 Å². The Hall–Kier alpha value is -2.18. The molecular formula is C19H16BrNO3S. The number of allylic oxidation sites excluding steroid dienone is 1. The number of nitrogens with zero attached hydrogens (tertiary/aromatic N) is 1. The van der Waals surface area contributed by atoms with Crippen molar-refractivity contribution in [3.63, 3.8) is 0 Å². The van der Waals surface area contributed by atoms with Crippen LogP contribution in [0, 0.1) is 0 Å². The van der Waals surface area contributed by atoms with Crippen LogP contribution in [0.4, 0.5) is 0 Å². The molecule has 6 heteroatoms. The Morgan fingerprint density at radius 1 is 1.28 bits per heavy atom. The predicted octanol–water partition coefficient (Wildman–Crippen LogP) is 5.47. The fourth-order valence-electron chi connectivity index (χ4n) is 2.50. The van der Waals surface area contributed by atoms with Gasteiger partial charge >= 0.3 is 5.97 Å². The van der Waals surface area contributed by atoms with Crippen LogP contribution in [-0.2, 0) is 4.79 Å². The first-order valence-electron chi connectivity index (χ1n) is 7.68. The van der Waals surface area contributed by atoms with Crippen LogP contribution in [0.5, 0.6) is 5.75 Å². The van der Waals surface area contributed by atoms with Gasteiger partial charge in [0, 0.05) is 16.5 Å². The summed E-state index contributed by atoms with van der Waals surface area (Å²) < 4.78 is 7.44. The first kappa shape index (κ1) is 17.6. The fraction of sp³-hybridized carbons (Fsp3) is 0.158. The highest BCUT2D eigenvalue weighted by molar-refractivity contribution is 9.10. The molecule has 128 valence electrons. The van der Waals surface area contributed by atoms with Crippen LogP contribution in [0.2, 0.25) is 0 Å². The third kappa shape index (κ3) is 4.27. The second kappa shape index (κ2) is 7.80. The van der Waals surface area contributed by atoms with Crippen molar-refractivity contribution in [2.45, 2.75) is 12.8 Å². The summed E-state index contributed by atoms with van der Waals surface area (Å²) in [5.74, 6) is -0.0923. The Bertz CT molecular complexity index is 916. The Kier molecular flexibility index (Phi) is 5.50. The van der Waals surface area contributed by atoms with E-state index in [4.69, 9.17) is 9.84 Å². The van der Waals surface area contributed by atoms with Gasteiger partial charge in [-0.3, -0.25) is 4.79 Å². The minimum Gasteiger partial charge on any atom is -0.496 e. The summed E-state index contributed by atoms with van der Waals surface area (Å²) in [7, 11) is 1.62. The Balaban J connectivity index is 2.08. The number of ether oxygens (including phenoxy) is 1. The summed E-state index contributed by atoms with van der Waals surface area (Å²) in [5.41, 5.74) is 2.70. The highest BCUT2D eigenvalue weighted by Crippen LogP contribution is 2.33. The molecule has 0 aliphatic rings. The molecule has 0 spiro atoms. The lowest BCUT2D eigenvalue weighted by Gasteiger charge is -2.08. The van der Waals surface area contributed by atoms with E-state index in [2.05, 4.69) is 20.9 Å². The van der Waals surface area contributed by atoms with Gasteiger partial charge in [0.15, 0.2) is 0 Å². The zero-order valence-electron chi connectivity index (χ0n) is 13.5. The number of benzene rings is 2. The van der Waals surface area contributed by atoms with Crippen LogP contribution >= 0.6 is 27.3 Å². The molecule has 0 fully saturated rings. The third-order valence-corrected chi connectivity index (χ3v) is 5.30. The lowest BCUT2D eigenvalue weighted by molar-refractivity contribution is -0.136. The van der Waals surface area contributed by atoms with Gasteiger partial charge < -0.3 is 9.84 Å². The van der Waals surface area contributed by atoms with E-state index in [0.717, 1.165) is 36.6 Å². The van der Waals surface area contributed by atoms with E-state index in [0.29, 0.717) is 6.42 Å². The van der Waals surface area contributed by atoms with Crippen LogP contribution in [0.25, 0.3) is 21.9 Å². The van der Waals surface area contributed by atoms with Gasteiger partial charge in [0.05, 0.1) is 17.3 Å². The van der Waals surface area contributed by atoms with Crippen LogP contribution in [0.3, 0.4) is 0 Å². The maximum atomic E-state index is 11.1. The largest absolute Gasteiger partial charge is 0.496 e. The van der Waals surface area contributed by atoms with Gasteiger partial charge in [-0.25, -0.2) is 4.98 Å². The molecule has 1 heterocycles. The smallest absolute Gasteiger partial charge is 0.303 e. The molecule has 1 aromatic heterocycles. The number of thiazole rings is 1. The Labute approximate surface area is 157 Å². The molecule has 25 heavy (non-hydrogen) atoms. The molecule has 0 aliphatic heterocycles. The zero-order valence-corrected chi connectivity index (χ0v) is 15.9. The van der Waals surface area contributed by atoms with Crippen molar-refractivity contribution in [1.29, 1.82) is 0 Å². The maximum absolute atomic E-state index is 11.1. The van der Waals surface area contributed by atoms with E-state index in [1.165, 1.54) is 0 Å². The molecule has 3 aromatic rings. The van der Waals surface area contributed by atoms with Crippen molar-refractivity contribution in [2.75, 3.05) is 7.11 Å². The van der Waals surface area contributed by atoms with E-state index < -0.39 is 5.97 Å². The van der Waals surface area contributed by atoms with E-state index in [-0.39, 0.29) is 6.42 Å². The van der Waals surface area contributed by atoms with Gasteiger partial charge in [0.2, 0.25) is 0 Å². The maximum Gasteiger partial charge on any atom is 0.303 e. The number of rotatable bonds is 6. The van der Waals surface area contributed by atoms with E-state index in [1.807, 2.05) is 48.5 Å². The topological polar surface area (TPSA) is 59.4 Å². The van der Waals surface area contributed by atoms with Crippen molar-refractivity contribution < 1.29 is 14.6 Å². The number of hydrogen-bond donors (Lipinski definition) is 1. The van der Waals surface area contributed by atoms with Crippen LogP contribution in [0.1, 0.15) is 23.4 Å². The highest BCUT2D eigenvalue weighted by atomic mass is 79.9. The molecule has 0 unspecified atom stereocenters. The van der Waals surface area contributed by atoms with E-state index >= 15 is 0 Å². The Morgan fingerprint density at radius 3 is 2.80 bits per heavy atom. The quantitative estimate of drug-likeness (QED) is 0.577. The fourth-order valence-corrected chi connectivity index (χ4v) is 3.89. The molecule has 0 radical (unpaired) electrons. The number of halogens is 1. The first-order valence-corrected chi connectivity index (χ1v) is 9.29. The average Bonchev–Trinajstić information content (AvgIpc) is 3.02. The second-order valence-electron chi connectivity index (χ2n) is 5.44. The summed E-state index contributed by atoms with van der Waals surface area (Å²) in [6, 6.07) is 13.6. The minimum absolute atomic E-state index is 0.0536. The van der Waals surface area contributed by atoms with Gasteiger partial charge in [-0.15, -0.1) is 11.3 Å². The summed E-state index contributed by atoms with van der Waals surface area (Å²) >= 11 is 5.04. The third-order valence-electron chi connectivity index (χ3n) is 3.70. The monoisotopic (exact) mass is 417 g/mol. The lowest BCUT2D eigenvalue weighted by Crippen LogP contribution is -1.96. The number of para-hydroxylation sites is 1. The molecule has 4 nitrogen and oxygen atoms in total. The van der Waals surface area contributed by atoms with Crippen molar-refractivity contribution in [1.82, 2.24) is 4.98 Å². The normalized spacial score (nSPS) is 11.7. The van der Waals surface area contributed by atoms with E-state index in [1.54, 1.807) is 18.4 Å². The van der Waals surface area contributed by atoms with Gasteiger partial charge in [0.1, 0.15) is 10.8 Å². The zero-order chi connectivity index (χ0) is 17.8. The SMILES string of the molecule is COc1ccc(Br)cc1C=C(CCC(=O)O)c1nc2ccccc2s1. The number of hydrogen-bond acceptors (Lipinski definition) is 4. The number of carboxylic acids is 1. The molecule has 0 atom stereocenters. The number of aliphatic carboxylic acids is 1. The molecule has 0 bridgehead atoms. The molecule has 0 saturated heterocycles. The summed E-state index contributed by atoms with van der Waals surface area (Å²) in [5, 5.41) is 9.92. The highest BCUT2D eigenvalue weighted by Gasteiger charge is 2.12. The summed E-state index contributed by atoms with van der Waals surface area (Å²) in [6.07, 6.45) is 2.42. The van der Waals surface area contributed by atoms with Gasteiger partial charge in [-0.2, -0.15) is 0 Å². The summed E-state index contributed by atoms with van der Waals surface area (Å²) in [6.45, 7) is 0. The second-order valence-corrected chi connectivity index (χ2v) is 7.38. The molecule has 2 aromatic carbocycles. The number of carboxylic acid groups (broad SMARTS) is 1. The molecule has 1 N–H and O–H groups in total. The Morgan fingerprint density at radius 2 is 2.08 bits per heavy atom. The molecule has 0 amide bonds. The number of methoxy groups -OCH3 is 1. The molecule has 0 aliphatic carbocycles. The van der Waals surface area contributed by atoms with Crippen molar-refractivity contribution >= 4 is 55.1 Å². The van der Waals surface area contributed by atoms with Gasteiger partial charge in [-0.1, -0.05) is 28.1 Å². The molecule has 3 rings (SSSR count). The van der Waals surface area contributed by atoms with Gasteiger partial charge in [-0.05, 0) is 48.4 Å². The van der Waals surface area contributed by atoms with Crippen LogP contribution in [0.15, 0.2) is 46.9 Å². The summed E-state index contributed by atoms with van der Waals surface area (Å²) in [4.78, 5) is 15.7. The minimum atomic E-state index is -0.826. The lowest BCUT2D eigenvalue weighted by atomic mass is 10.1. The predicted molar refractivity (Wildman–Crippen MR) is 105 cm³/mol. The van der Waals surface area contributed by atoms with Crippen LogP contribution in [-0.4, -0.2) is 23.2 Å². The number of aromatic nitrogens is 1. The van der Waals surface area contributed by atoms with Crippen molar-refractivity contribution in [2.24, 2.45) is 0 Å².